The molecule has 0 radical (unpaired) electrons. The number of alkyl halides is 1. The van der Waals surface area contributed by atoms with Gasteiger partial charge in [-0.25, -0.2) is 9.37 Å². The van der Waals surface area contributed by atoms with Gasteiger partial charge in [0.15, 0.2) is 0 Å². The van der Waals surface area contributed by atoms with Crippen LogP contribution in [0.5, 0.6) is 0 Å². The Morgan fingerprint density at radius 2 is 2.19 bits per heavy atom. The molecule has 0 spiro atoms. The van der Waals surface area contributed by atoms with Crippen LogP contribution < -0.4 is 5.56 Å². The highest BCUT2D eigenvalue weighted by atomic mass is 79.9. The number of aromatic nitrogens is 2. The van der Waals surface area contributed by atoms with Gasteiger partial charge >= 0.3 is 0 Å². The Bertz CT molecular complexity index is 890. The van der Waals surface area contributed by atoms with Crippen molar-refractivity contribution in [2.45, 2.75) is 12.3 Å². The summed E-state index contributed by atoms with van der Waals surface area (Å²) in [5.74, 6) is 0.0318. The Hall–Kier alpha value is -1.24. The van der Waals surface area contributed by atoms with E-state index in [2.05, 4.69) is 25.9 Å². The molecule has 0 saturated heterocycles. The molecule has 0 aliphatic carbocycles. The second-order valence-electron chi connectivity index (χ2n) is 4.52. The summed E-state index contributed by atoms with van der Waals surface area (Å²) in [4.78, 5) is 19.8. The van der Waals surface area contributed by atoms with E-state index in [1.807, 2.05) is 0 Å². The van der Waals surface area contributed by atoms with E-state index in [0.717, 1.165) is 4.47 Å². The van der Waals surface area contributed by atoms with Crippen LogP contribution in [0.4, 0.5) is 4.39 Å². The summed E-state index contributed by atoms with van der Waals surface area (Å²) in [7, 11) is 0. The van der Waals surface area contributed by atoms with E-state index in [1.54, 1.807) is 24.4 Å². The van der Waals surface area contributed by atoms with Crippen LogP contribution in [0.3, 0.4) is 0 Å². The van der Waals surface area contributed by atoms with Gasteiger partial charge in [-0.15, -0.1) is 22.9 Å². The summed E-state index contributed by atoms with van der Waals surface area (Å²) in [6, 6.07) is 4.62. The van der Waals surface area contributed by atoms with Gasteiger partial charge in [0.1, 0.15) is 16.5 Å². The second kappa shape index (κ2) is 5.51. The number of benzene rings is 1. The molecule has 0 amide bonds. The molecule has 0 bridgehead atoms. The van der Waals surface area contributed by atoms with Crippen LogP contribution in [0.1, 0.15) is 18.1 Å². The Morgan fingerprint density at radius 1 is 1.43 bits per heavy atom. The van der Waals surface area contributed by atoms with Crippen LogP contribution in [-0.2, 0) is 0 Å². The molecule has 1 aromatic carbocycles. The first-order chi connectivity index (χ1) is 9.97. The molecule has 2 heterocycles. The number of aromatic amines is 1. The minimum atomic E-state index is -0.393. The van der Waals surface area contributed by atoms with E-state index < -0.39 is 5.38 Å². The second-order valence-corrected chi connectivity index (χ2v) is 6.95. The first-order valence-corrected chi connectivity index (χ1v) is 8.19. The van der Waals surface area contributed by atoms with Crippen molar-refractivity contribution >= 4 is 49.1 Å². The molecule has 0 aliphatic heterocycles. The zero-order valence-electron chi connectivity index (χ0n) is 10.8. The van der Waals surface area contributed by atoms with Gasteiger partial charge in [-0.1, -0.05) is 15.9 Å². The lowest BCUT2D eigenvalue weighted by molar-refractivity contribution is 0.631. The quantitative estimate of drug-likeness (QED) is 0.639. The number of fused-ring (bicyclic) bond motifs is 1. The number of thiophene rings is 1. The van der Waals surface area contributed by atoms with Crippen LogP contribution in [0.15, 0.2) is 32.8 Å². The third-order valence-electron chi connectivity index (χ3n) is 3.06. The summed E-state index contributed by atoms with van der Waals surface area (Å²) in [6.45, 7) is 1.73. The smallest absolute Gasteiger partial charge is 0.260 e. The number of nitrogens with one attached hydrogen (secondary N) is 1. The molecule has 3 aromatic rings. The fourth-order valence-corrected chi connectivity index (χ4v) is 3.47. The minimum Gasteiger partial charge on any atom is -0.309 e. The summed E-state index contributed by atoms with van der Waals surface area (Å²) >= 11 is 10.6. The highest BCUT2D eigenvalue weighted by Gasteiger charge is 2.17. The highest BCUT2D eigenvalue weighted by Crippen LogP contribution is 2.34. The Morgan fingerprint density at radius 3 is 2.90 bits per heavy atom. The van der Waals surface area contributed by atoms with Gasteiger partial charge in [0.25, 0.3) is 5.56 Å². The van der Waals surface area contributed by atoms with E-state index in [0.29, 0.717) is 27.2 Å². The van der Waals surface area contributed by atoms with Gasteiger partial charge in [-0.2, -0.15) is 0 Å². The Balaban J connectivity index is 2.30. The topological polar surface area (TPSA) is 45.8 Å². The van der Waals surface area contributed by atoms with Crippen molar-refractivity contribution in [1.29, 1.82) is 0 Å². The average Bonchev–Trinajstić information content (AvgIpc) is 2.85. The van der Waals surface area contributed by atoms with Crippen molar-refractivity contribution < 1.29 is 4.39 Å². The Labute approximate surface area is 136 Å². The van der Waals surface area contributed by atoms with E-state index in [-0.39, 0.29) is 11.4 Å². The van der Waals surface area contributed by atoms with E-state index >= 15 is 0 Å². The first kappa shape index (κ1) is 14.7. The molecule has 2 aromatic heterocycles. The first-order valence-electron chi connectivity index (χ1n) is 6.08. The maximum Gasteiger partial charge on any atom is 0.260 e. The highest BCUT2D eigenvalue weighted by molar-refractivity contribution is 9.10. The summed E-state index contributed by atoms with van der Waals surface area (Å²) < 4.78 is 14.8. The maximum absolute atomic E-state index is 14.0. The summed E-state index contributed by atoms with van der Waals surface area (Å²) in [5.41, 5.74) is 0.601. The van der Waals surface area contributed by atoms with Gasteiger partial charge in [-0.3, -0.25) is 4.79 Å². The lowest BCUT2D eigenvalue weighted by Crippen LogP contribution is -2.11. The molecule has 0 fully saturated rings. The fourth-order valence-electron chi connectivity index (χ4n) is 2.06. The van der Waals surface area contributed by atoms with Crippen molar-refractivity contribution in [3.63, 3.8) is 0 Å². The summed E-state index contributed by atoms with van der Waals surface area (Å²) in [6.07, 6.45) is 0. The minimum absolute atomic E-state index is 0.307. The molecular formula is C14H9BrClFN2OS. The molecule has 3 nitrogen and oxygen atoms in total. The van der Waals surface area contributed by atoms with Gasteiger partial charge in [0, 0.05) is 21.0 Å². The normalized spacial score (nSPS) is 12.8. The maximum atomic E-state index is 14.0. The molecule has 7 heteroatoms. The molecule has 108 valence electrons. The van der Waals surface area contributed by atoms with Gasteiger partial charge in [-0.05, 0) is 25.1 Å². The third kappa shape index (κ3) is 2.63. The van der Waals surface area contributed by atoms with Gasteiger partial charge in [0.05, 0.1) is 10.8 Å². The van der Waals surface area contributed by atoms with Gasteiger partial charge in [0.2, 0.25) is 0 Å². The molecular weight excluding hydrogens is 379 g/mol. The number of rotatable bonds is 2. The number of hydrogen-bond acceptors (Lipinski definition) is 3. The molecule has 21 heavy (non-hydrogen) atoms. The SMILES string of the molecule is CC(Cl)c1nc2scc(-c3cc(Br)ccc3F)c2c(=O)[nH]1. The van der Waals surface area contributed by atoms with Crippen LogP contribution in [0.25, 0.3) is 21.3 Å². The fraction of sp³-hybridized carbons (Fsp3) is 0.143. The van der Waals surface area contributed by atoms with Gasteiger partial charge < -0.3 is 4.98 Å². The lowest BCUT2D eigenvalue weighted by atomic mass is 10.1. The predicted molar refractivity (Wildman–Crippen MR) is 87.6 cm³/mol. The van der Waals surface area contributed by atoms with E-state index in [4.69, 9.17) is 11.6 Å². The zero-order chi connectivity index (χ0) is 15.1. The monoisotopic (exact) mass is 386 g/mol. The predicted octanol–water partition coefficient (Wildman–Crippen LogP) is 4.85. The molecule has 0 saturated carbocycles. The van der Waals surface area contributed by atoms with Crippen molar-refractivity contribution in [1.82, 2.24) is 9.97 Å². The van der Waals surface area contributed by atoms with Crippen LogP contribution in [0.2, 0.25) is 0 Å². The molecule has 0 aliphatic rings. The zero-order valence-corrected chi connectivity index (χ0v) is 13.9. The number of nitrogens with zero attached hydrogens (tertiary/aromatic N) is 1. The number of halogens is 3. The van der Waals surface area contributed by atoms with Crippen molar-refractivity contribution in [2.75, 3.05) is 0 Å². The molecule has 1 unspecified atom stereocenters. The lowest BCUT2D eigenvalue weighted by Gasteiger charge is -2.04. The van der Waals surface area contributed by atoms with E-state index in [9.17, 15) is 9.18 Å². The van der Waals surface area contributed by atoms with E-state index in [1.165, 1.54) is 17.4 Å². The Kier molecular flexibility index (Phi) is 3.86. The standard InChI is InChI=1S/C14H9BrClFN2OS/c1-6(16)12-18-13(20)11-9(5-21-14(11)19-12)8-4-7(15)2-3-10(8)17/h2-6H,1H3,(H,18,19,20). The average molecular weight is 388 g/mol. The van der Waals surface area contributed by atoms with Crippen LogP contribution in [-0.4, -0.2) is 9.97 Å². The van der Waals surface area contributed by atoms with Crippen molar-refractivity contribution in [2.24, 2.45) is 0 Å². The van der Waals surface area contributed by atoms with Crippen LogP contribution in [0, 0.1) is 5.82 Å². The van der Waals surface area contributed by atoms with Crippen molar-refractivity contribution in [3.05, 3.63) is 50.0 Å². The molecule has 3 rings (SSSR count). The third-order valence-corrected chi connectivity index (χ3v) is 4.63. The summed E-state index contributed by atoms with van der Waals surface area (Å²) in [5, 5.41) is 1.73. The number of H-pyrrole nitrogens is 1. The van der Waals surface area contributed by atoms with Crippen LogP contribution >= 0.6 is 38.9 Å². The van der Waals surface area contributed by atoms with Crippen molar-refractivity contribution in [3.8, 4) is 11.1 Å². The largest absolute Gasteiger partial charge is 0.309 e. The molecule has 1 N–H and O–H groups in total. The number of hydrogen-bond donors (Lipinski definition) is 1. The molecule has 1 atom stereocenters.